The molecule has 1 aliphatic rings. The van der Waals surface area contributed by atoms with E-state index in [1.165, 1.54) is 18.5 Å². The molecule has 2 rings (SSSR count). The summed E-state index contributed by atoms with van der Waals surface area (Å²) in [5, 5.41) is 4.57. The minimum absolute atomic E-state index is 0.543. The summed E-state index contributed by atoms with van der Waals surface area (Å²) in [7, 11) is 0. The molecule has 0 saturated carbocycles. The number of nitrogens with zero attached hydrogens (tertiary/aromatic N) is 1. The zero-order chi connectivity index (χ0) is 14.7. The summed E-state index contributed by atoms with van der Waals surface area (Å²) in [6.45, 7) is 11.1. The first-order valence-electron chi connectivity index (χ1n) is 7.79. The summed E-state index contributed by atoms with van der Waals surface area (Å²) in [5.74, 6) is 0.630. The van der Waals surface area contributed by atoms with E-state index in [0.717, 1.165) is 23.7 Å². The second-order valence-corrected chi connectivity index (χ2v) is 6.70. The largest absolute Gasteiger partial charge is 0.365 e. The number of piperazine rings is 1. The zero-order valence-electron chi connectivity index (χ0n) is 13.1. The lowest BCUT2D eigenvalue weighted by Gasteiger charge is -2.44. The Morgan fingerprint density at radius 2 is 2.15 bits per heavy atom. The summed E-state index contributed by atoms with van der Waals surface area (Å²) in [5.41, 5.74) is 2.42. The van der Waals surface area contributed by atoms with Crippen molar-refractivity contribution in [3.05, 3.63) is 28.8 Å². The van der Waals surface area contributed by atoms with Crippen molar-refractivity contribution < 1.29 is 0 Å². The molecule has 1 aliphatic heterocycles. The van der Waals surface area contributed by atoms with Gasteiger partial charge in [0, 0.05) is 35.9 Å². The van der Waals surface area contributed by atoms with Gasteiger partial charge < -0.3 is 10.2 Å². The molecule has 2 unspecified atom stereocenters. The average molecular weight is 295 g/mol. The van der Waals surface area contributed by atoms with Crippen molar-refractivity contribution in [1.29, 1.82) is 0 Å². The number of hydrogen-bond donors (Lipinski definition) is 1. The fourth-order valence-electron chi connectivity index (χ4n) is 3.03. The molecule has 20 heavy (non-hydrogen) atoms. The third-order valence-electron chi connectivity index (χ3n) is 4.33. The van der Waals surface area contributed by atoms with Crippen LogP contribution < -0.4 is 10.2 Å². The van der Waals surface area contributed by atoms with Crippen molar-refractivity contribution in [2.75, 3.05) is 18.0 Å². The number of hydrogen-bond acceptors (Lipinski definition) is 2. The molecule has 2 nitrogen and oxygen atoms in total. The molecule has 3 heteroatoms. The van der Waals surface area contributed by atoms with Crippen LogP contribution in [-0.4, -0.2) is 25.2 Å². The van der Waals surface area contributed by atoms with Crippen molar-refractivity contribution in [3.8, 4) is 0 Å². The second-order valence-electron chi connectivity index (χ2n) is 6.29. The van der Waals surface area contributed by atoms with Crippen LogP contribution in [0.15, 0.2) is 18.2 Å². The third-order valence-corrected chi connectivity index (χ3v) is 4.73. The Bertz CT molecular complexity index is 445. The Hall–Kier alpha value is -0.730. The maximum absolute atomic E-state index is 6.32. The molecule has 0 aromatic heterocycles. The first-order valence-corrected chi connectivity index (χ1v) is 8.17. The van der Waals surface area contributed by atoms with E-state index in [1.54, 1.807) is 0 Å². The molecule has 1 heterocycles. The highest BCUT2D eigenvalue weighted by atomic mass is 35.5. The monoisotopic (exact) mass is 294 g/mol. The Kier molecular flexibility index (Phi) is 5.34. The maximum atomic E-state index is 6.32. The molecule has 0 spiro atoms. The van der Waals surface area contributed by atoms with Crippen LogP contribution in [0, 0.1) is 12.8 Å². The number of halogens is 1. The van der Waals surface area contributed by atoms with Gasteiger partial charge in [0.1, 0.15) is 0 Å². The lowest BCUT2D eigenvalue weighted by molar-refractivity contribution is 0.327. The second kappa shape index (κ2) is 6.82. The van der Waals surface area contributed by atoms with E-state index in [0.29, 0.717) is 18.0 Å². The van der Waals surface area contributed by atoms with Gasteiger partial charge in [0.2, 0.25) is 0 Å². The van der Waals surface area contributed by atoms with E-state index in [2.05, 4.69) is 56.1 Å². The quantitative estimate of drug-likeness (QED) is 0.893. The van der Waals surface area contributed by atoms with Crippen LogP contribution >= 0.6 is 11.6 Å². The predicted octanol–water partition coefficient (Wildman–Crippen LogP) is 4.25. The molecule has 1 N–H and O–H groups in total. The molecular formula is C17H27ClN2. The molecule has 0 aliphatic carbocycles. The van der Waals surface area contributed by atoms with Crippen LogP contribution in [0.3, 0.4) is 0 Å². The smallest absolute Gasteiger partial charge is 0.0455 e. The van der Waals surface area contributed by atoms with Gasteiger partial charge in [0.25, 0.3) is 0 Å². The highest BCUT2D eigenvalue weighted by molar-refractivity contribution is 6.31. The molecule has 1 aromatic rings. The van der Waals surface area contributed by atoms with Crippen molar-refractivity contribution in [1.82, 2.24) is 5.32 Å². The number of anilines is 1. The Morgan fingerprint density at radius 3 is 2.75 bits per heavy atom. The van der Waals surface area contributed by atoms with Crippen LogP contribution in [0.1, 0.15) is 39.2 Å². The van der Waals surface area contributed by atoms with Gasteiger partial charge in [0.05, 0.1) is 0 Å². The molecule has 0 radical (unpaired) electrons. The van der Waals surface area contributed by atoms with Crippen LogP contribution in [0.25, 0.3) is 0 Å². The number of benzene rings is 1. The normalized spacial score (nSPS) is 23.4. The van der Waals surface area contributed by atoms with Gasteiger partial charge in [-0.3, -0.25) is 0 Å². The summed E-state index contributed by atoms with van der Waals surface area (Å²) in [4.78, 5) is 2.55. The summed E-state index contributed by atoms with van der Waals surface area (Å²) >= 11 is 6.32. The van der Waals surface area contributed by atoms with Crippen molar-refractivity contribution in [3.63, 3.8) is 0 Å². The number of rotatable bonds is 4. The van der Waals surface area contributed by atoms with Crippen LogP contribution in [-0.2, 0) is 0 Å². The lowest BCUT2D eigenvalue weighted by Crippen LogP contribution is -2.58. The van der Waals surface area contributed by atoms with Gasteiger partial charge in [-0.25, -0.2) is 0 Å². The minimum Gasteiger partial charge on any atom is -0.365 e. The maximum Gasteiger partial charge on any atom is 0.0455 e. The SMILES string of the molecule is CCCC1CN(c2ccc(C)c(Cl)c2)C(C(C)C)CN1. The molecule has 1 saturated heterocycles. The van der Waals surface area contributed by atoms with Crippen molar-refractivity contribution in [2.45, 2.75) is 52.6 Å². The van der Waals surface area contributed by atoms with Gasteiger partial charge in [-0.05, 0) is 37.0 Å². The van der Waals surface area contributed by atoms with Gasteiger partial charge in [-0.1, -0.05) is 44.9 Å². The van der Waals surface area contributed by atoms with Gasteiger partial charge in [0.15, 0.2) is 0 Å². The fourth-order valence-corrected chi connectivity index (χ4v) is 3.20. The zero-order valence-corrected chi connectivity index (χ0v) is 13.9. The Morgan fingerprint density at radius 1 is 1.40 bits per heavy atom. The molecule has 0 bridgehead atoms. The van der Waals surface area contributed by atoms with Crippen molar-refractivity contribution in [2.24, 2.45) is 5.92 Å². The van der Waals surface area contributed by atoms with Crippen LogP contribution in [0.5, 0.6) is 0 Å². The van der Waals surface area contributed by atoms with E-state index in [9.17, 15) is 0 Å². The van der Waals surface area contributed by atoms with E-state index in [1.807, 2.05) is 0 Å². The highest BCUT2D eigenvalue weighted by Gasteiger charge is 2.29. The van der Waals surface area contributed by atoms with E-state index in [4.69, 9.17) is 11.6 Å². The standard InChI is InChI=1S/C17H27ClN2/c1-5-6-14-11-20(17(10-19-14)12(2)3)15-8-7-13(4)16(18)9-15/h7-9,12,14,17,19H,5-6,10-11H2,1-4H3. The van der Waals surface area contributed by atoms with Gasteiger partial charge in [-0.15, -0.1) is 0 Å². The van der Waals surface area contributed by atoms with E-state index in [-0.39, 0.29) is 0 Å². The Labute approximate surface area is 128 Å². The number of aryl methyl sites for hydroxylation is 1. The fraction of sp³-hybridized carbons (Fsp3) is 0.647. The van der Waals surface area contributed by atoms with Crippen molar-refractivity contribution >= 4 is 17.3 Å². The summed E-state index contributed by atoms with van der Waals surface area (Å²) in [6.07, 6.45) is 2.47. The van der Waals surface area contributed by atoms with Crippen LogP contribution in [0.2, 0.25) is 5.02 Å². The summed E-state index contributed by atoms with van der Waals surface area (Å²) < 4.78 is 0. The van der Waals surface area contributed by atoms with E-state index >= 15 is 0 Å². The molecule has 1 fully saturated rings. The van der Waals surface area contributed by atoms with Crippen LogP contribution in [0.4, 0.5) is 5.69 Å². The number of nitrogens with one attached hydrogen (secondary N) is 1. The minimum atomic E-state index is 0.543. The molecular weight excluding hydrogens is 268 g/mol. The average Bonchev–Trinajstić information content (AvgIpc) is 2.42. The third kappa shape index (κ3) is 3.48. The first kappa shape index (κ1) is 15.7. The van der Waals surface area contributed by atoms with E-state index < -0.39 is 0 Å². The lowest BCUT2D eigenvalue weighted by atomic mass is 9.96. The first-order chi connectivity index (χ1) is 9.52. The molecule has 112 valence electrons. The molecule has 1 aromatic carbocycles. The molecule has 0 amide bonds. The molecule has 2 atom stereocenters. The highest BCUT2D eigenvalue weighted by Crippen LogP contribution is 2.28. The topological polar surface area (TPSA) is 15.3 Å². The summed E-state index contributed by atoms with van der Waals surface area (Å²) in [6, 6.07) is 7.61. The van der Waals surface area contributed by atoms with Gasteiger partial charge >= 0.3 is 0 Å². The predicted molar refractivity (Wildman–Crippen MR) is 88.9 cm³/mol. The Balaban J connectivity index is 2.24. The van der Waals surface area contributed by atoms with Gasteiger partial charge in [-0.2, -0.15) is 0 Å².